The molecule has 14 heavy (non-hydrogen) atoms. The summed E-state index contributed by atoms with van der Waals surface area (Å²) in [6.45, 7) is 3.98. The molecule has 6 heteroatoms. The molecule has 0 aliphatic heterocycles. The van der Waals surface area contributed by atoms with Gasteiger partial charge in [0.25, 0.3) is 0 Å². The Balaban J connectivity index is 2.48. The van der Waals surface area contributed by atoms with E-state index in [1.165, 1.54) is 0 Å². The molecule has 0 aliphatic carbocycles. The maximum absolute atomic E-state index is 11.2. The van der Waals surface area contributed by atoms with E-state index < -0.39 is 10.0 Å². The third-order valence-electron chi connectivity index (χ3n) is 1.78. The Morgan fingerprint density at radius 1 is 1.57 bits per heavy atom. The predicted molar refractivity (Wildman–Crippen MR) is 54.3 cm³/mol. The van der Waals surface area contributed by atoms with Gasteiger partial charge in [-0.25, -0.2) is 13.1 Å². The van der Waals surface area contributed by atoms with Gasteiger partial charge in [-0.3, -0.25) is 4.68 Å². The summed E-state index contributed by atoms with van der Waals surface area (Å²) >= 11 is 0. The minimum atomic E-state index is -3.11. The fourth-order valence-electron chi connectivity index (χ4n) is 1.12. The van der Waals surface area contributed by atoms with E-state index in [-0.39, 0.29) is 11.8 Å². The van der Waals surface area contributed by atoms with Crippen molar-refractivity contribution in [3.8, 4) is 0 Å². The van der Waals surface area contributed by atoms with Crippen molar-refractivity contribution in [3.63, 3.8) is 0 Å². The van der Waals surface area contributed by atoms with Gasteiger partial charge in [-0.05, 0) is 19.9 Å². The van der Waals surface area contributed by atoms with Crippen LogP contribution in [0.2, 0.25) is 0 Å². The first-order valence-corrected chi connectivity index (χ1v) is 6.16. The van der Waals surface area contributed by atoms with Crippen LogP contribution in [0.5, 0.6) is 0 Å². The maximum Gasteiger partial charge on any atom is 0.211 e. The average Bonchev–Trinajstić information content (AvgIpc) is 2.55. The monoisotopic (exact) mass is 217 g/mol. The van der Waals surface area contributed by atoms with E-state index >= 15 is 0 Å². The van der Waals surface area contributed by atoms with Gasteiger partial charge in [-0.2, -0.15) is 5.10 Å². The third kappa shape index (κ3) is 3.47. The quantitative estimate of drug-likeness (QED) is 0.767. The standard InChI is InChI=1S/C8H15N3O2S/c1-3-14(12,13)10-8(2)7-11-6-4-5-9-11/h4-6,8,10H,3,7H2,1-2H3. The maximum atomic E-state index is 11.2. The molecule has 0 amide bonds. The zero-order chi connectivity index (χ0) is 10.6. The molecule has 5 nitrogen and oxygen atoms in total. The Bertz CT molecular complexity index is 358. The van der Waals surface area contributed by atoms with Gasteiger partial charge in [0, 0.05) is 18.4 Å². The SMILES string of the molecule is CCS(=O)(=O)NC(C)Cn1cccn1. The summed E-state index contributed by atoms with van der Waals surface area (Å²) in [5.74, 6) is 0.108. The van der Waals surface area contributed by atoms with Crippen molar-refractivity contribution in [2.75, 3.05) is 5.75 Å². The van der Waals surface area contributed by atoms with Crippen molar-refractivity contribution >= 4 is 10.0 Å². The molecule has 0 radical (unpaired) electrons. The normalized spacial score (nSPS) is 14.1. The first-order valence-electron chi connectivity index (χ1n) is 4.51. The van der Waals surface area contributed by atoms with E-state index in [0.29, 0.717) is 6.54 Å². The molecule has 0 bridgehead atoms. The van der Waals surface area contributed by atoms with Crippen LogP contribution >= 0.6 is 0 Å². The van der Waals surface area contributed by atoms with Crippen LogP contribution < -0.4 is 4.72 Å². The fourth-order valence-corrected chi connectivity index (χ4v) is 1.97. The Kier molecular flexibility index (Phi) is 3.65. The lowest BCUT2D eigenvalue weighted by Gasteiger charge is -2.12. The second-order valence-electron chi connectivity index (χ2n) is 3.15. The van der Waals surface area contributed by atoms with Gasteiger partial charge >= 0.3 is 0 Å². The van der Waals surface area contributed by atoms with Gasteiger partial charge in [0.05, 0.1) is 12.3 Å². The van der Waals surface area contributed by atoms with Crippen LogP contribution in [0.4, 0.5) is 0 Å². The fraction of sp³-hybridized carbons (Fsp3) is 0.625. The molecule has 0 saturated heterocycles. The van der Waals surface area contributed by atoms with Crippen LogP contribution in [0.3, 0.4) is 0 Å². The largest absolute Gasteiger partial charge is 0.271 e. The van der Waals surface area contributed by atoms with Crippen LogP contribution in [0, 0.1) is 0 Å². The minimum absolute atomic E-state index is 0.108. The molecule has 1 heterocycles. The molecule has 1 aromatic rings. The summed E-state index contributed by atoms with van der Waals surface area (Å²) in [5, 5.41) is 3.99. The van der Waals surface area contributed by atoms with Crippen LogP contribution in [0.15, 0.2) is 18.5 Å². The summed E-state index contributed by atoms with van der Waals surface area (Å²) in [6.07, 6.45) is 3.47. The molecule has 1 N–H and O–H groups in total. The zero-order valence-electron chi connectivity index (χ0n) is 8.34. The summed E-state index contributed by atoms with van der Waals surface area (Å²) in [5.41, 5.74) is 0. The van der Waals surface area contributed by atoms with Crippen LogP contribution in [0.1, 0.15) is 13.8 Å². The second-order valence-corrected chi connectivity index (χ2v) is 5.19. The average molecular weight is 217 g/mol. The van der Waals surface area contributed by atoms with Crippen LogP contribution in [0.25, 0.3) is 0 Å². The van der Waals surface area contributed by atoms with E-state index in [2.05, 4.69) is 9.82 Å². The van der Waals surface area contributed by atoms with Crippen molar-refractivity contribution < 1.29 is 8.42 Å². The van der Waals surface area contributed by atoms with Gasteiger partial charge in [0.15, 0.2) is 0 Å². The highest BCUT2D eigenvalue weighted by atomic mass is 32.2. The Morgan fingerprint density at radius 3 is 2.79 bits per heavy atom. The number of nitrogens with one attached hydrogen (secondary N) is 1. The lowest BCUT2D eigenvalue weighted by atomic mass is 10.4. The predicted octanol–water partition coefficient (Wildman–Crippen LogP) is 0.211. The smallest absolute Gasteiger partial charge is 0.211 e. The number of hydrogen-bond acceptors (Lipinski definition) is 3. The lowest BCUT2D eigenvalue weighted by Crippen LogP contribution is -2.36. The number of hydrogen-bond donors (Lipinski definition) is 1. The molecule has 0 saturated carbocycles. The van der Waals surface area contributed by atoms with Crippen molar-refractivity contribution in [2.45, 2.75) is 26.4 Å². The van der Waals surface area contributed by atoms with Crippen molar-refractivity contribution in [1.82, 2.24) is 14.5 Å². The van der Waals surface area contributed by atoms with Gasteiger partial charge in [-0.15, -0.1) is 0 Å². The lowest BCUT2D eigenvalue weighted by molar-refractivity contribution is 0.494. The topological polar surface area (TPSA) is 64.0 Å². The molecule has 0 aliphatic rings. The number of sulfonamides is 1. The van der Waals surface area contributed by atoms with E-state index in [1.54, 1.807) is 30.1 Å². The molecule has 80 valence electrons. The summed E-state index contributed by atoms with van der Waals surface area (Å²) < 4.78 is 26.6. The van der Waals surface area contributed by atoms with Crippen molar-refractivity contribution in [3.05, 3.63) is 18.5 Å². The van der Waals surface area contributed by atoms with Gasteiger partial charge in [-0.1, -0.05) is 0 Å². The van der Waals surface area contributed by atoms with Crippen molar-refractivity contribution in [1.29, 1.82) is 0 Å². The molecule has 0 fully saturated rings. The molecule has 1 atom stereocenters. The molecule has 1 unspecified atom stereocenters. The highest BCUT2D eigenvalue weighted by molar-refractivity contribution is 7.89. The molecule has 1 aromatic heterocycles. The third-order valence-corrected chi connectivity index (χ3v) is 3.30. The molecule has 0 aromatic carbocycles. The molecular weight excluding hydrogens is 202 g/mol. The number of nitrogens with zero attached hydrogens (tertiary/aromatic N) is 2. The molecule has 0 spiro atoms. The summed E-state index contributed by atoms with van der Waals surface area (Å²) in [7, 11) is -3.11. The van der Waals surface area contributed by atoms with Gasteiger partial charge in [0.1, 0.15) is 0 Å². The van der Waals surface area contributed by atoms with E-state index in [9.17, 15) is 8.42 Å². The van der Waals surface area contributed by atoms with Crippen LogP contribution in [-0.4, -0.2) is 30.0 Å². The minimum Gasteiger partial charge on any atom is -0.271 e. The van der Waals surface area contributed by atoms with E-state index in [0.717, 1.165) is 0 Å². The molecular formula is C8H15N3O2S. The van der Waals surface area contributed by atoms with E-state index in [1.807, 2.05) is 6.92 Å². The Morgan fingerprint density at radius 2 is 2.29 bits per heavy atom. The summed E-state index contributed by atoms with van der Waals surface area (Å²) in [4.78, 5) is 0. The summed E-state index contributed by atoms with van der Waals surface area (Å²) in [6, 6.07) is 1.67. The van der Waals surface area contributed by atoms with Gasteiger partial charge < -0.3 is 0 Å². The van der Waals surface area contributed by atoms with Crippen molar-refractivity contribution in [2.24, 2.45) is 0 Å². The zero-order valence-corrected chi connectivity index (χ0v) is 9.16. The highest BCUT2D eigenvalue weighted by Gasteiger charge is 2.11. The van der Waals surface area contributed by atoms with Gasteiger partial charge in [0.2, 0.25) is 10.0 Å². The Hall–Kier alpha value is -0.880. The first kappa shape index (κ1) is 11.2. The molecule has 1 rings (SSSR count). The first-order chi connectivity index (χ1) is 6.53. The Labute approximate surface area is 84.2 Å². The number of rotatable bonds is 5. The number of aromatic nitrogens is 2. The second kappa shape index (κ2) is 4.56. The van der Waals surface area contributed by atoms with E-state index in [4.69, 9.17) is 0 Å². The highest BCUT2D eigenvalue weighted by Crippen LogP contribution is 1.93. The van der Waals surface area contributed by atoms with Crippen LogP contribution in [-0.2, 0) is 16.6 Å².